The monoisotopic (exact) mass is 241 g/mol. The smallest absolute Gasteiger partial charge is 0.295 e. The second kappa shape index (κ2) is 4.58. The van der Waals surface area contributed by atoms with Gasteiger partial charge in [-0.15, -0.1) is 0 Å². The van der Waals surface area contributed by atoms with Crippen molar-refractivity contribution < 1.29 is 18.0 Å². The molecule has 90 valence electrons. The molecule has 0 spiro atoms. The van der Waals surface area contributed by atoms with E-state index < -0.39 is 17.5 Å². The predicted octanol–water partition coefficient (Wildman–Crippen LogP) is 3.34. The summed E-state index contributed by atoms with van der Waals surface area (Å²) in [6.07, 6.45) is -4.46. The Kier molecular flexibility index (Phi) is 3.56. The second-order valence-corrected chi connectivity index (χ2v) is 3.57. The zero-order valence-corrected chi connectivity index (χ0v) is 9.35. The summed E-state index contributed by atoms with van der Waals surface area (Å²) < 4.78 is 38.3. The highest BCUT2D eigenvalue weighted by atomic mass is 19.4. The molecule has 0 atom stereocenters. The maximum absolute atomic E-state index is 12.8. The summed E-state index contributed by atoms with van der Waals surface area (Å²) in [6.45, 7) is 2.73. The molecule has 2 nitrogen and oxygen atoms in total. The zero-order chi connectivity index (χ0) is 13.2. The average molecular weight is 241 g/mol. The second-order valence-electron chi connectivity index (χ2n) is 3.57. The van der Waals surface area contributed by atoms with Gasteiger partial charge in [-0.2, -0.15) is 18.4 Å². The number of alkyl halides is 3. The lowest BCUT2D eigenvalue weighted by Gasteiger charge is -2.15. The lowest BCUT2D eigenvalue weighted by atomic mass is 9.93. The number of hydrogen-bond acceptors (Lipinski definition) is 2. The van der Waals surface area contributed by atoms with Gasteiger partial charge in [-0.1, -0.05) is 6.92 Å². The number of rotatable bonds is 2. The van der Waals surface area contributed by atoms with E-state index in [1.54, 1.807) is 13.0 Å². The van der Waals surface area contributed by atoms with Crippen LogP contribution >= 0.6 is 0 Å². The molecule has 0 amide bonds. The van der Waals surface area contributed by atoms with Crippen molar-refractivity contribution in [2.45, 2.75) is 26.4 Å². The summed E-state index contributed by atoms with van der Waals surface area (Å²) in [7, 11) is 0. The molecule has 0 fully saturated rings. The molecule has 0 saturated carbocycles. The Morgan fingerprint density at radius 1 is 1.41 bits per heavy atom. The normalized spacial score (nSPS) is 11.1. The summed E-state index contributed by atoms with van der Waals surface area (Å²) in [5.41, 5.74) is -1.13. The van der Waals surface area contributed by atoms with Crippen LogP contribution in [0, 0.1) is 11.3 Å². The van der Waals surface area contributed by atoms with Gasteiger partial charge in [-0.25, -0.2) is 0 Å². The number of hydrogen-bond donors (Lipinski definition) is 0. The largest absolute Gasteiger partial charge is 0.416 e. The Hall–Kier alpha value is -1.83. The molecule has 1 rings (SSSR count). The van der Waals surface area contributed by atoms with Gasteiger partial charge >= 0.3 is 6.18 Å². The zero-order valence-electron chi connectivity index (χ0n) is 9.35. The van der Waals surface area contributed by atoms with E-state index in [1.807, 2.05) is 0 Å². The van der Waals surface area contributed by atoms with E-state index in [4.69, 9.17) is 5.26 Å². The van der Waals surface area contributed by atoms with E-state index in [0.29, 0.717) is 0 Å². The van der Waals surface area contributed by atoms with Crippen LogP contribution < -0.4 is 0 Å². The Labute approximate surface area is 96.7 Å². The van der Waals surface area contributed by atoms with Crippen LogP contribution in [0.2, 0.25) is 0 Å². The summed E-state index contributed by atoms with van der Waals surface area (Å²) >= 11 is 0. The number of nitriles is 1. The number of carbonyl (C=O) groups is 1. The van der Waals surface area contributed by atoms with E-state index in [0.717, 1.165) is 6.07 Å². The molecule has 5 heteroatoms. The molecule has 0 unspecified atom stereocenters. The highest BCUT2D eigenvalue weighted by Gasteiger charge is 2.34. The SMILES string of the molecule is CCc1c(C(C)=O)cc(C#N)cc1C(F)(F)F. The molecule has 0 radical (unpaired) electrons. The number of nitrogens with zero attached hydrogens (tertiary/aromatic N) is 1. The summed E-state index contributed by atoms with van der Waals surface area (Å²) in [4.78, 5) is 11.3. The Morgan fingerprint density at radius 3 is 2.35 bits per heavy atom. The van der Waals surface area contributed by atoms with E-state index in [9.17, 15) is 18.0 Å². The number of ketones is 1. The fraction of sp³-hybridized carbons (Fsp3) is 0.333. The van der Waals surface area contributed by atoms with Gasteiger partial charge in [-0.05, 0) is 31.0 Å². The molecule has 0 N–H and O–H groups in total. The van der Waals surface area contributed by atoms with Gasteiger partial charge in [0.2, 0.25) is 0 Å². The van der Waals surface area contributed by atoms with Crippen molar-refractivity contribution >= 4 is 5.78 Å². The average Bonchev–Trinajstić information content (AvgIpc) is 2.25. The van der Waals surface area contributed by atoms with Gasteiger partial charge in [0.1, 0.15) is 0 Å². The predicted molar refractivity (Wildman–Crippen MR) is 55.5 cm³/mol. The third-order valence-electron chi connectivity index (χ3n) is 2.42. The molecule has 17 heavy (non-hydrogen) atoms. The molecule has 1 aromatic carbocycles. The molecular formula is C12H10F3NO. The van der Waals surface area contributed by atoms with Gasteiger partial charge in [0.05, 0.1) is 17.2 Å². The minimum atomic E-state index is -4.55. The summed E-state index contributed by atoms with van der Waals surface area (Å²) in [5, 5.41) is 8.67. The maximum Gasteiger partial charge on any atom is 0.416 e. The molecule has 0 aliphatic rings. The number of halogens is 3. The Morgan fingerprint density at radius 2 is 2.00 bits per heavy atom. The van der Waals surface area contributed by atoms with Crippen molar-refractivity contribution in [2.75, 3.05) is 0 Å². The van der Waals surface area contributed by atoms with Crippen LogP contribution in [0.5, 0.6) is 0 Å². The van der Waals surface area contributed by atoms with E-state index >= 15 is 0 Å². The quantitative estimate of drug-likeness (QED) is 0.745. The van der Waals surface area contributed by atoms with Crippen LogP contribution in [-0.4, -0.2) is 5.78 Å². The summed E-state index contributed by atoms with van der Waals surface area (Å²) in [6, 6.07) is 3.62. The maximum atomic E-state index is 12.8. The van der Waals surface area contributed by atoms with Gasteiger partial charge < -0.3 is 0 Å². The third-order valence-corrected chi connectivity index (χ3v) is 2.42. The molecule has 1 aromatic rings. The van der Waals surface area contributed by atoms with Crippen molar-refractivity contribution in [1.29, 1.82) is 5.26 Å². The van der Waals surface area contributed by atoms with Crippen LogP contribution in [0.25, 0.3) is 0 Å². The van der Waals surface area contributed by atoms with Gasteiger partial charge in [0, 0.05) is 5.56 Å². The first-order valence-corrected chi connectivity index (χ1v) is 4.96. The molecule has 0 saturated heterocycles. The topological polar surface area (TPSA) is 40.9 Å². The van der Waals surface area contributed by atoms with Crippen LogP contribution in [0.1, 0.15) is 40.9 Å². The lowest BCUT2D eigenvalue weighted by Crippen LogP contribution is -2.13. The van der Waals surface area contributed by atoms with Crippen molar-refractivity contribution in [3.05, 3.63) is 34.4 Å². The lowest BCUT2D eigenvalue weighted by molar-refractivity contribution is -0.138. The first kappa shape index (κ1) is 13.2. The van der Waals surface area contributed by atoms with E-state index in [1.165, 1.54) is 13.0 Å². The van der Waals surface area contributed by atoms with Gasteiger partial charge in [0.25, 0.3) is 0 Å². The third kappa shape index (κ3) is 2.64. The van der Waals surface area contributed by atoms with Crippen molar-refractivity contribution in [3.63, 3.8) is 0 Å². The van der Waals surface area contributed by atoms with Crippen LogP contribution in [0.3, 0.4) is 0 Å². The first-order chi connectivity index (χ1) is 7.81. The minimum absolute atomic E-state index is 0.0288. The van der Waals surface area contributed by atoms with E-state index in [-0.39, 0.29) is 23.1 Å². The first-order valence-electron chi connectivity index (χ1n) is 4.96. The van der Waals surface area contributed by atoms with Crippen molar-refractivity contribution in [2.24, 2.45) is 0 Å². The van der Waals surface area contributed by atoms with Gasteiger partial charge in [-0.3, -0.25) is 4.79 Å². The minimum Gasteiger partial charge on any atom is -0.295 e. The molecule has 0 bridgehead atoms. The van der Waals surface area contributed by atoms with Crippen LogP contribution in [0.4, 0.5) is 13.2 Å². The summed E-state index contributed by atoms with van der Waals surface area (Å²) in [5.74, 6) is -0.468. The Balaban J connectivity index is 3.64. The standard InChI is InChI=1S/C12H10F3NO/c1-3-9-10(7(2)17)4-8(6-16)5-11(9)12(13,14)15/h4-5H,3H2,1-2H3. The Bertz CT molecular complexity index is 498. The highest BCUT2D eigenvalue weighted by molar-refractivity contribution is 5.96. The van der Waals surface area contributed by atoms with Crippen molar-refractivity contribution in [3.8, 4) is 6.07 Å². The van der Waals surface area contributed by atoms with Gasteiger partial charge in [0.15, 0.2) is 5.78 Å². The highest BCUT2D eigenvalue weighted by Crippen LogP contribution is 2.34. The molecular weight excluding hydrogens is 231 g/mol. The van der Waals surface area contributed by atoms with Crippen LogP contribution in [-0.2, 0) is 12.6 Å². The molecule has 0 aliphatic carbocycles. The fourth-order valence-corrected chi connectivity index (χ4v) is 1.68. The van der Waals surface area contributed by atoms with Crippen molar-refractivity contribution in [1.82, 2.24) is 0 Å². The molecule has 0 heterocycles. The number of benzene rings is 1. The number of Topliss-reactive ketones (excluding diaryl/α,β-unsaturated/α-hetero) is 1. The molecule has 0 aromatic heterocycles. The van der Waals surface area contributed by atoms with E-state index in [2.05, 4.69) is 0 Å². The number of carbonyl (C=O) groups excluding carboxylic acids is 1. The van der Waals surface area contributed by atoms with Crippen LogP contribution in [0.15, 0.2) is 12.1 Å². The fourth-order valence-electron chi connectivity index (χ4n) is 1.68. The molecule has 0 aliphatic heterocycles.